The summed E-state index contributed by atoms with van der Waals surface area (Å²) < 4.78 is 0. The topological polar surface area (TPSA) is 18.5 Å². The molecule has 19 heavy (non-hydrogen) atoms. The van der Waals surface area contributed by atoms with Crippen LogP contribution in [0.4, 0.5) is 0 Å². The van der Waals surface area contributed by atoms with E-state index in [1.807, 2.05) is 0 Å². The van der Waals surface area contributed by atoms with Gasteiger partial charge in [0.15, 0.2) is 0 Å². The number of unbranched alkanes of at least 4 members (excludes halogenated alkanes) is 1. The lowest BCUT2D eigenvalue weighted by molar-refractivity contribution is 0.0585. The van der Waals surface area contributed by atoms with E-state index in [2.05, 4.69) is 56.9 Å². The Morgan fingerprint density at radius 1 is 1.32 bits per heavy atom. The van der Waals surface area contributed by atoms with Gasteiger partial charge in [-0.1, -0.05) is 20.8 Å². The van der Waals surface area contributed by atoms with Gasteiger partial charge in [-0.25, -0.2) is 0 Å². The van der Waals surface area contributed by atoms with Gasteiger partial charge in [0.05, 0.1) is 0 Å². The van der Waals surface area contributed by atoms with Crippen molar-refractivity contribution in [2.45, 2.75) is 58.5 Å². The zero-order chi connectivity index (χ0) is 14.5. The Kier molecular flexibility index (Phi) is 6.78. The lowest BCUT2D eigenvalue weighted by Crippen LogP contribution is -2.64. The summed E-state index contributed by atoms with van der Waals surface area (Å²) in [4.78, 5) is 5.02. The van der Waals surface area contributed by atoms with E-state index in [0.29, 0.717) is 11.6 Å². The Bertz CT molecular complexity index is 252. The van der Waals surface area contributed by atoms with Gasteiger partial charge < -0.3 is 10.2 Å². The largest absolute Gasteiger partial charge is 0.309 e. The fraction of sp³-hybridized carbons (Fsp3) is 1.00. The van der Waals surface area contributed by atoms with Gasteiger partial charge in [0.1, 0.15) is 0 Å². The average Bonchev–Trinajstić information content (AvgIpc) is 2.34. The molecule has 2 unspecified atom stereocenters. The predicted molar refractivity (Wildman–Crippen MR) is 84.7 cm³/mol. The molecule has 3 nitrogen and oxygen atoms in total. The first-order valence-corrected chi connectivity index (χ1v) is 8.02. The molecule has 2 atom stereocenters. The highest BCUT2D eigenvalue weighted by molar-refractivity contribution is 4.95. The third kappa shape index (κ3) is 5.41. The molecule has 0 amide bonds. The maximum atomic E-state index is 3.77. The molecule has 1 aliphatic rings. The predicted octanol–water partition coefficient (Wildman–Crippen LogP) is 2.43. The second-order valence-corrected chi connectivity index (χ2v) is 7.09. The van der Waals surface area contributed by atoms with E-state index in [9.17, 15) is 0 Å². The van der Waals surface area contributed by atoms with E-state index in [4.69, 9.17) is 0 Å². The van der Waals surface area contributed by atoms with Crippen LogP contribution in [0.3, 0.4) is 0 Å². The number of hydrogen-bond acceptors (Lipinski definition) is 3. The lowest BCUT2D eigenvalue weighted by Gasteiger charge is -2.47. The van der Waals surface area contributed by atoms with Crippen LogP contribution < -0.4 is 5.32 Å². The van der Waals surface area contributed by atoms with E-state index in [1.165, 1.54) is 38.9 Å². The maximum Gasteiger partial charge on any atom is 0.0278 e. The number of hydrogen-bond donors (Lipinski definition) is 1. The molecule has 114 valence electrons. The van der Waals surface area contributed by atoms with Gasteiger partial charge in [0.2, 0.25) is 0 Å². The summed E-state index contributed by atoms with van der Waals surface area (Å²) >= 11 is 0. The number of rotatable bonds is 7. The zero-order valence-electron chi connectivity index (χ0n) is 14.0. The van der Waals surface area contributed by atoms with E-state index in [-0.39, 0.29) is 0 Å². The van der Waals surface area contributed by atoms with Gasteiger partial charge >= 0.3 is 0 Å². The second-order valence-electron chi connectivity index (χ2n) is 7.09. The van der Waals surface area contributed by atoms with Crippen LogP contribution in [0.1, 0.15) is 47.0 Å². The highest BCUT2D eigenvalue weighted by atomic mass is 15.3. The molecular weight excluding hydrogens is 234 g/mol. The maximum absolute atomic E-state index is 3.77. The van der Waals surface area contributed by atoms with Crippen molar-refractivity contribution in [1.29, 1.82) is 0 Å². The summed E-state index contributed by atoms with van der Waals surface area (Å²) in [5.41, 5.74) is 0.312. The minimum atomic E-state index is 0.312. The van der Waals surface area contributed by atoms with Gasteiger partial charge in [-0.15, -0.1) is 0 Å². The van der Waals surface area contributed by atoms with Gasteiger partial charge in [-0.2, -0.15) is 0 Å². The van der Waals surface area contributed by atoms with Crippen LogP contribution in [0, 0.1) is 5.92 Å². The molecule has 0 aromatic heterocycles. The highest BCUT2D eigenvalue weighted by Gasteiger charge is 2.35. The molecule has 0 radical (unpaired) electrons. The number of nitrogens with zero attached hydrogens (tertiary/aromatic N) is 2. The average molecular weight is 269 g/mol. The van der Waals surface area contributed by atoms with Crippen molar-refractivity contribution in [3.8, 4) is 0 Å². The molecule has 1 rings (SSSR count). The summed E-state index contributed by atoms with van der Waals surface area (Å²) in [7, 11) is 4.33. The van der Waals surface area contributed by atoms with Crippen molar-refractivity contribution in [2.75, 3.05) is 40.3 Å². The molecule has 1 heterocycles. The summed E-state index contributed by atoms with van der Waals surface area (Å²) in [6, 6.07) is 0.707. The first-order valence-electron chi connectivity index (χ1n) is 8.02. The van der Waals surface area contributed by atoms with E-state index < -0.39 is 0 Å². The molecular formula is C16H35N3. The van der Waals surface area contributed by atoms with Gasteiger partial charge in [-0.3, -0.25) is 4.90 Å². The van der Waals surface area contributed by atoms with Crippen molar-refractivity contribution in [1.82, 2.24) is 15.1 Å². The second kappa shape index (κ2) is 7.61. The smallest absolute Gasteiger partial charge is 0.0278 e. The highest BCUT2D eigenvalue weighted by Crippen LogP contribution is 2.23. The molecule has 1 fully saturated rings. The van der Waals surface area contributed by atoms with Gasteiger partial charge in [0, 0.05) is 24.7 Å². The minimum absolute atomic E-state index is 0.312. The fourth-order valence-electron chi connectivity index (χ4n) is 2.98. The van der Waals surface area contributed by atoms with Crippen LogP contribution in [0.25, 0.3) is 0 Å². The molecule has 0 bridgehead atoms. The Balaban J connectivity index is 2.47. The fourth-order valence-corrected chi connectivity index (χ4v) is 2.98. The van der Waals surface area contributed by atoms with Crippen LogP contribution in [0.15, 0.2) is 0 Å². The standard InChI is InChI=1S/C16H35N3/c1-7-16(4)13-19(11-9-8-10-18(5)6)15(12-17-16)14(2)3/h14-15,17H,7-13H2,1-6H3. The molecule has 1 saturated heterocycles. The van der Waals surface area contributed by atoms with E-state index in [0.717, 1.165) is 12.5 Å². The Hall–Kier alpha value is -0.120. The van der Waals surface area contributed by atoms with Crippen molar-refractivity contribution < 1.29 is 0 Å². The van der Waals surface area contributed by atoms with Gasteiger partial charge in [0.25, 0.3) is 0 Å². The van der Waals surface area contributed by atoms with E-state index >= 15 is 0 Å². The van der Waals surface area contributed by atoms with Crippen LogP contribution >= 0.6 is 0 Å². The lowest BCUT2D eigenvalue weighted by atomic mass is 9.90. The first-order chi connectivity index (χ1) is 8.88. The molecule has 3 heteroatoms. The summed E-state index contributed by atoms with van der Waals surface area (Å²) in [6.45, 7) is 14.2. The summed E-state index contributed by atoms with van der Waals surface area (Å²) in [6.07, 6.45) is 3.85. The SMILES string of the molecule is CCC1(C)CN(CCCCN(C)C)C(C(C)C)CN1. The monoisotopic (exact) mass is 269 g/mol. The molecule has 0 saturated carbocycles. The van der Waals surface area contributed by atoms with Crippen molar-refractivity contribution in [3.63, 3.8) is 0 Å². The Morgan fingerprint density at radius 3 is 2.53 bits per heavy atom. The van der Waals surface area contributed by atoms with Crippen LogP contribution in [-0.4, -0.2) is 61.7 Å². The number of piperazine rings is 1. The zero-order valence-corrected chi connectivity index (χ0v) is 14.0. The molecule has 0 aromatic carbocycles. The Labute approximate surface area is 120 Å². The third-order valence-electron chi connectivity index (χ3n) is 4.61. The quantitative estimate of drug-likeness (QED) is 0.716. The van der Waals surface area contributed by atoms with Crippen molar-refractivity contribution >= 4 is 0 Å². The van der Waals surface area contributed by atoms with Crippen LogP contribution in [0.2, 0.25) is 0 Å². The van der Waals surface area contributed by atoms with E-state index in [1.54, 1.807) is 0 Å². The molecule has 1 aliphatic heterocycles. The van der Waals surface area contributed by atoms with Crippen LogP contribution in [0.5, 0.6) is 0 Å². The normalized spacial score (nSPS) is 29.4. The Morgan fingerprint density at radius 2 is 2.00 bits per heavy atom. The van der Waals surface area contributed by atoms with Crippen molar-refractivity contribution in [3.05, 3.63) is 0 Å². The minimum Gasteiger partial charge on any atom is -0.309 e. The third-order valence-corrected chi connectivity index (χ3v) is 4.61. The summed E-state index contributed by atoms with van der Waals surface area (Å²) in [5, 5.41) is 3.77. The van der Waals surface area contributed by atoms with Crippen molar-refractivity contribution in [2.24, 2.45) is 5.92 Å². The van der Waals surface area contributed by atoms with Gasteiger partial charge in [-0.05, 0) is 59.3 Å². The van der Waals surface area contributed by atoms with Crippen LogP contribution in [-0.2, 0) is 0 Å². The molecule has 0 spiro atoms. The summed E-state index contributed by atoms with van der Waals surface area (Å²) in [5.74, 6) is 0.739. The molecule has 0 aliphatic carbocycles. The molecule has 0 aromatic rings. The molecule has 1 N–H and O–H groups in total. The number of nitrogens with one attached hydrogen (secondary N) is 1. The first kappa shape index (κ1) is 16.9.